The van der Waals surface area contributed by atoms with Crippen molar-refractivity contribution in [3.05, 3.63) is 77.9 Å². The fourth-order valence-corrected chi connectivity index (χ4v) is 3.74. The number of nitrogens with one attached hydrogen (secondary N) is 1. The lowest BCUT2D eigenvalue weighted by atomic mass is 10.0. The topological polar surface area (TPSA) is 93.4 Å². The van der Waals surface area contributed by atoms with Crippen molar-refractivity contribution < 1.29 is 27.9 Å². The number of fused-ring (bicyclic) bond motifs is 1. The van der Waals surface area contributed by atoms with Crippen LogP contribution >= 0.6 is 0 Å². The van der Waals surface area contributed by atoms with Crippen LogP contribution in [0.1, 0.15) is 24.0 Å². The third kappa shape index (κ3) is 7.73. The van der Waals surface area contributed by atoms with Crippen LogP contribution in [-0.4, -0.2) is 42.8 Å². The van der Waals surface area contributed by atoms with E-state index in [9.17, 15) is 23.2 Å². The van der Waals surface area contributed by atoms with Gasteiger partial charge in [-0.2, -0.15) is 18.4 Å². The molecule has 0 unspecified atom stereocenters. The average molecular weight is 498 g/mol. The van der Waals surface area contributed by atoms with Gasteiger partial charge in [0, 0.05) is 29.5 Å². The van der Waals surface area contributed by atoms with E-state index in [1.165, 1.54) is 18.4 Å². The summed E-state index contributed by atoms with van der Waals surface area (Å²) in [6.45, 7) is 1.84. The summed E-state index contributed by atoms with van der Waals surface area (Å²) in [5.41, 5.74) is 2.92. The molecule has 36 heavy (non-hydrogen) atoms. The SMILES string of the molecule is N#Cc1ccc(N(CC(=O)NCCc2ccccc2)CC2CC2)c2ccccc12.O=C(O)C(F)(F)F. The summed E-state index contributed by atoms with van der Waals surface area (Å²) in [6.07, 6.45) is -1.81. The zero-order valence-corrected chi connectivity index (χ0v) is 19.5. The van der Waals surface area contributed by atoms with E-state index in [0.717, 1.165) is 29.4 Å². The highest BCUT2D eigenvalue weighted by Crippen LogP contribution is 2.34. The number of carbonyl (C=O) groups is 2. The van der Waals surface area contributed by atoms with Crippen LogP contribution in [0.4, 0.5) is 18.9 Å². The minimum atomic E-state index is -5.08. The van der Waals surface area contributed by atoms with Crippen molar-refractivity contribution in [2.45, 2.75) is 25.4 Å². The molecule has 0 aromatic heterocycles. The van der Waals surface area contributed by atoms with Crippen molar-refractivity contribution in [2.75, 3.05) is 24.5 Å². The van der Waals surface area contributed by atoms with Crippen LogP contribution in [0.3, 0.4) is 0 Å². The van der Waals surface area contributed by atoms with E-state index in [2.05, 4.69) is 28.4 Å². The van der Waals surface area contributed by atoms with Gasteiger partial charge in [-0.3, -0.25) is 4.79 Å². The summed E-state index contributed by atoms with van der Waals surface area (Å²) >= 11 is 0. The van der Waals surface area contributed by atoms with E-state index < -0.39 is 12.1 Å². The summed E-state index contributed by atoms with van der Waals surface area (Å²) in [5, 5.41) is 21.6. The van der Waals surface area contributed by atoms with Crippen LogP contribution in [-0.2, 0) is 16.0 Å². The predicted octanol–water partition coefficient (Wildman–Crippen LogP) is 4.92. The molecular formula is C27H26F3N3O3. The predicted molar refractivity (Wildman–Crippen MR) is 130 cm³/mol. The Morgan fingerprint density at radius 1 is 1.00 bits per heavy atom. The molecule has 6 nitrogen and oxygen atoms in total. The van der Waals surface area contributed by atoms with Crippen LogP contribution in [0.15, 0.2) is 66.7 Å². The quantitative estimate of drug-likeness (QED) is 0.461. The van der Waals surface area contributed by atoms with E-state index >= 15 is 0 Å². The molecule has 1 aliphatic rings. The van der Waals surface area contributed by atoms with Gasteiger partial charge in [0.1, 0.15) is 0 Å². The van der Waals surface area contributed by atoms with Gasteiger partial charge < -0.3 is 15.3 Å². The first-order chi connectivity index (χ1) is 17.2. The average Bonchev–Trinajstić information content (AvgIpc) is 3.67. The van der Waals surface area contributed by atoms with E-state index in [-0.39, 0.29) is 5.91 Å². The standard InChI is InChI=1S/C25H25N3O.C2HF3O2/c26-16-21-12-13-24(23-9-5-4-8-22(21)23)28(17-20-10-11-20)18-25(29)27-15-14-19-6-2-1-3-7-19;3-2(4,5)1(6)7/h1-9,12-13,20H,10-11,14-15,17-18H2,(H,27,29);(H,6,7). The lowest BCUT2D eigenvalue weighted by Gasteiger charge is -2.26. The van der Waals surface area contributed by atoms with Gasteiger partial charge in [0.25, 0.3) is 0 Å². The lowest BCUT2D eigenvalue weighted by molar-refractivity contribution is -0.192. The molecular weight excluding hydrogens is 471 g/mol. The first-order valence-electron chi connectivity index (χ1n) is 11.5. The monoisotopic (exact) mass is 497 g/mol. The molecule has 1 amide bonds. The lowest BCUT2D eigenvalue weighted by Crippen LogP contribution is -2.39. The maximum Gasteiger partial charge on any atom is 0.490 e. The number of hydrogen-bond acceptors (Lipinski definition) is 4. The molecule has 4 rings (SSSR count). The number of rotatable bonds is 8. The highest BCUT2D eigenvalue weighted by molar-refractivity contribution is 5.99. The molecule has 188 valence electrons. The number of hydrogen-bond donors (Lipinski definition) is 2. The number of nitrogens with zero attached hydrogens (tertiary/aromatic N) is 2. The second-order valence-corrected chi connectivity index (χ2v) is 8.50. The Labute approximate surface area is 207 Å². The third-order valence-corrected chi connectivity index (χ3v) is 5.69. The van der Waals surface area contributed by atoms with Crippen LogP contribution in [0.2, 0.25) is 0 Å². The molecule has 9 heteroatoms. The molecule has 0 aliphatic heterocycles. The largest absolute Gasteiger partial charge is 0.490 e. The van der Waals surface area contributed by atoms with Crippen molar-refractivity contribution in [3.63, 3.8) is 0 Å². The number of carboxylic acids is 1. The maximum absolute atomic E-state index is 12.7. The van der Waals surface area contributed by atoms with Gasteiger partial charge in [0.05, 0.1) is 18.2 Å². The first kappa shape index (κ1) is 26.5. The minimum Gasteiger partial charge on any atom is -0.475 e. The third-order valence-electron chi connectivity index (χ3n) is 5.69. The van der Waals surface area contributed by atoms with Gasteiger partial charge >= 0.3 is 12.1 Å². The number of amides is 1. The molecule has 0 radical (unpaired) electrons. The molecule has 0 saturated heterocycles. The van der Waals surface area contributed by atoms with Gasteiger partial charge in [-0.25, -0.2) is 4.79 Å². The van der Waals surface area contributed by atoms with Gasteiger partial charge in [-0.1, -0.05) is 54.6 Å². The van der Waals surface area contributed by atoms with Crippen molar-refractivity contribution in [1.29, 1.82) is 5.26 Å². The fourth-order valence-electron chi connectivity index (χ4n) is 3.74. The van der Waals surface area contributed by atoms with E-state index in [4.69, 9.17) is 9.90 Å². The summed E-state index contributed by atoms with van der Waals surface area (Å²) in [4.78, 5) is 23.7. The summed E-state index contributed by atoms with van der Waals surface area (Å²) in [5.74, 6) is -2.07. The molecule has 0 atom stereocenters. The summed E-state index contributed by atoms with van der Waals surface area (Å²) < 4.78 is 31.7. The van der Waals surface area contributed by atoms with Crippen molar-refractivity contribution in [3.8, 4) is 6.07 Å². The highest BCUT2D eigenvalue weighted by Gasteiger charge is 2.38. The number of carboxylic acid groups (broad SMARTS) is 1. The molecule has 1 saturated carbocycles. The Morgan fingerprint density at radius 2 is 1.61 bits per heavy atom. The van der Waals surface area contributed by atoms with Crippen molar-refractivity contribution >= 4 is 28.3 Å². The molecule has 0 bridgehead atoms. The smallest absolute Gasteiger partial charge is 0.475 e. The maximum atomic E-state index is 12.7. The minimum absolute atomic E-state index is 0.0371. The zero-order chi connectivity index (χ0) is 26.1. The Balaban J connectivity index is 0.000000454. The second-order valence-electron chi connectivity index (χ2n) is 8.50. The highest BCUT2D eigenvalue weighted by atomic mass is 19.4. The fraction of sp³-hybridized carbons (Fsp3) is 0.296. The van der Waals surface area contributed by atoms with E-state index in [1.54, 1.807) is 0 Å². The molecule has 1 fully saturated rings. The van der Waals surface area contributed by atoms with Crippen LogP contribution < -0.4 is 10.2 Å². The number of carbonyl (C=O) groups excluding carboxylic acids is 1. The molecule has 3 aromatic rings. The first-order valence-corrected chi connectivity index (χ1v) is 11.5. The number of halogens is 3. The molecule has 0 heterocycles. The van der Waals surface area contributed by atoms with Gasteiger partial charge in [-0.05, 0) is 42.9 Å². The number of aliphatic carboxylic acids is 1. The molecule has 3 aromatic carbocycles. The second kappa shape index (κ2) is 12.1. The summed E-state index contributed by atoms with van der Waals surface area (Å²) in [7, 11) is 0. The number of nitriles is 1. The Hall–Kier alpha value is -4.06. The van der Waals surface area contributed by atoms with Gasteiger partial charge in [-0.15, -0.1) is 0 Å². The normalized spacial score (nSPS) is 12.7. The van der Waals surface area contributed by atoms with E-state index in [0.29, 0.717) is 24.6 Å². The Kier molecular flexibility index (Phi) is 8.90. The number of anilines is 1. The molecule has 2 N–H and O–H groups in total. The Bertz CT molecular complexity index is 1240. The number of benzene rings is 3. The number of alkyl halides is 3. The van der Waals surface area contributed by atoms with Gasteiger partial charge in [0.2, 0.25) is 5.91 Å². The van der Waals surface area contributed by atoms with Gasteiger partial charge in [0.15, 0.2) is 0 Å². The van der Waals surface area contributed by atoms with Crippen LogP contribution in [0, 0.1) is 17.2 Å². The van der Waals surface area contributed by atoms with E-state index in [1.807, 2.05) is 54.6 Å². The van der Waals surface area contributed by atoms with Crippen LogP contribution in [0.5, 0.6) is 0 Å². The van der Waals surface area contributed by atoms with Crippen LogP contribution in [0.25, 0.3) is 10.8 Å². The van der Waals surface area contributed by atoms with Crippen molar-refractivity contribution in [1.82, 2.24) is 5.32 Å². The summed E-state index contributed by atoms with van der Waals surface area (Å²) in [6, 6.07) is 24.3. The van der Waals surface area contributed by atoms with Crippen molar-refractivity contribution in [2.24, 2.45) is 5.92 Å². The zero-order valence-electron chi connectivity index (χ0n) is 19.5. The molecule has 0 spiro atoms. The Morgan fingerprint density at radius 3 is 2.19 bits per heavy atom. The molecule has 1 aliphatic carbocycles.